The summed E-state index contributed by atoms with van der Waals surface area (Å²) in [4.78, 5) is 19.1. The van der Waals surface area contributed by atoms with Gasteiger partial charge in [-0.25, -0.2) is 13.4 Å². The Bertz CT molecular complexity index is 1490. The number of esters is 1. The standard InChI is InChI=1S/C23H19F3N2O4S2/c1-3-20(13-5-7-17-19(11-13)33-12-27-17)34(30,31)22(32-21(29)4-2)18-10-14-9-15(23(24,25)26)6-8-16(14)28-18/h3,5-12,20,22,28H,1,4H2,2H3. The van der Waals surface area contributed by atoms with E-state index in [1.165, 1.54) is 36.5 Å². The first-order valence-electron chi connectivity index (χ1n) is 10.1. The van der Waals surface area contributed by atoms with E-state index in [0.29, 0.717) is 11.1 Å². The molecule has 0 aliphatic heterocycles. The van der Waals surface area contributed by atoms with Crippen LogP contribution in [-0.4, -0.2) is 24.4 Å². The zero-order valence-electron chi connectivity index (χ0n) is 17.8. The molecule has 2 aromatic heterocycles. The van der Waals surface area contributed by atoms with Crippen molar-refractivity contribution in [3.05, 3.63) is 77.5 Å². The number of carbonyl (C=O) groups excluding carboxylic acids is 1. The van der Waals surface area contributed by atoms with Gasteiger partial charge in [-0.15, -0.1) is 17.9 Å². The topological polar surface area (TPSA) is 89.1 Å². The second-order valence-electron chi connectivity index (χ2n) is 7.52. The number of halogens is 3. The van der Waals surface area contributed by atoms with Crippen molar-refractivity contribution in [2.45, 2.75) is 30.2 Å². The molecule has 2 heterocycles. The molecule has 1 N–H and O–H groups in total. The van der Waals surface area contributed by atoms with Crippen LogP contribution in [0.3, 0.4) is 0 Å². The Hall–Kier alpha value is -3.18. The summed E-state index contributed by atoms with van der Waals surface area (Å²) in [5.41, 5.74) is 0.314. The minimum absolute atomic E-state index is 0.0538. The van der Waals surface area contributed by atoms with Crippen LogP contribution in [0.15, 0.2) is 60.6 Å². The number of hydrogen-bond donors (Lipinski definition) is 1. The van der Waals surface area contributed by atoms with E-state index in [0.717, 1.165) is 16.8 Å². The lowest BCUT2D eigenvalue weighted by Gasteiger charge is -2.22. The van der Waals surface area contributed by atoms with E-state index in [9.17, 15) is 26.4 Å². The van der Waals surface area contributed by atoms with E-state index >= 15 is 0 Å². The number of H-pyrrole nitrogens is 1. The molecule has 11 heteroatoms. The number of hydrogen-bond acceptors (Lipinski definition) is 6. The Balaban J connectivity index is 1.82. The van der Waals surface area contributed by atoms with Crippen molar-refractivity contribution >= 4 is 48.3 Å². The van der Waals surface area contributed by atoms with Gasteiger partial charge in [-0.1, -0.05) is 19.1 Å². The molecule has 4 aromatic rings. The third-order valence-electron chi connectivity index (χ3n) is 5.30. The van der Waals surface area contributed by atoms with E-state index in [2.05, 4.69) is 16.5 Å². The Morgan fingerprint density at radius 2 is 2.00 bits per heavy atom. The van der Waals surface area contributed by atoms with Crippen molar-refractivity contribution in [3.63, 3.8) is 0 Å². The van der Waals surface area contributed by atoms with Crippen LogP contribution >= 0.6 is 11.3 Å². The quantitative estimate of drug-likeness (QED) is 0.241. The highest BCUT2D eigenvalue weighted by atomic mass is 32.2. The van der Waals surface area contributed by atoms with Gasteiger partial charge in [0.25, 0.3) is 0 Å². The summed E-state index contributed by atoms with van der Waals surface area (Å²) < 4.78 is 72.9. The largest absolute Gasteiger partial charge is 0.439 e. The smallest absolute Gasteiger partial charge is 0.416 e. The van der Waals surface area contributed by atoms with Gasteiger partial charge in [-0.05, 0) is 42.0 Å². The number of aromatic nitrogens is 2. The number of nitrogens with zero attached hydrogens (tertiary/aromatic N) is 1. The zero-order valence-corrected chi connectivity index (χ0v) is 19.4. The summed E-state index contributed by atoms with van der Waals surface area (Å²) in [5, 5.41) is -1.11. The highest BCUT2D eigenvalue weighted by molar-refractivity contribution is 7.91. The number of benzene rings is 2. The molecular weight excluding hydrogens is 489 g/mol. The molecule has 0 spiro atoms. The number of nitrogens with one attached hydrogen (secondary N) is 1. The van der Waals surface area contributed by atoms with E-state index < -0.39 is 38.2 Å². The van der Waals surface area contributed by atoms with Gasteiger partial charge in [0, 0.05) is 17.3 Å². The Morgan fingerprint density at radius 1 is 1.24 bits per heavy atom. The summed E-state index contributed by atoms with van der Waals surface area (Å²) >= 11 is 1.34. The van der Waals surface area contributed by atoms with E-state index in [-0.39, 0.29) is 23.0 Å². The van der Waals surface area contributed by atoms with Crippen molar-refractivity contribution in [1.82, 2.24) is 9.97 Å². The highest BCUT2D eigenvalue weighted by Crippen LogP contribution is 2.39. The van der Waals surface area contributed by atoms with Crippen molar-refractivity contribution < 1.29 is 31.1 Å². The number of ether oxygens (including phenoxy) is 1. The molecule has 0 radical (unpaired) electrons. The number of alkyl halides is 3. The second kappa shape index (κ2) is 8.88. The van der Waals surface area contributed by atoms with Gasteiger partial charge < -0.3 is 9.72 Å². The zero-order chi connectivity index (χ0) is 24.7. The van der Waals surface area contributed by atoms with Gasteiger partial charge in [0.15, 0.2) is 0 Å². The maximum atomic E-state index is 13.7. The van der Waals surface area contributed by atoms with Crippen LogP contribution in [0.1, 0.15) is 40.9 Å². The van der Waals surface area contributed by atoms with Gasteiger partial charge in [0.2, 0.25) is 15.3 Å². The first kappa shape index (κ1) is 24.0. The SMILES string of the molecule is C=CC(c1ccc2ncsc2c1)S(=O)(=O)C(OC(=O)CC)c1cc2cc(C(F)(F)F)ccc2[nH]1. The van der Waals surface area contributed by atoms with Gasteiger partial charge in [0.1, 0.15) is 5.25 Å². The monoisotopic (exact) mass is 508 g/mol. The molecule has 2 unspecified atom stereocenters. The maximum absolute atomic E-state index is 13.7. The van der Waals surface area contributed by atoms with Crippen LogP contribution in [0, 0.1) is 0 Å². The number of fused-ring (bicyclic) bond motifs is 2. The van der Waals surface area contributed by atoms with E-state index in [4.69, 9.17) is 4.74 Å². The van der Waals surface area contributed by atoms with E-state index in [1.54, 1.807) is 23.7 Å². The summed E-state index contributed by atoms with van der Waals surface area (Å²) in [7, 11) is -4.29. The predicted molar refractivity (Wildman–Crippen MR) is 124 cm³/mol. The van der Waals surface area contributed by atoms with Crippen molar-refractivity contribution in [3.8, 4) is 0 Å². The Labute approximate surface area is 197 Å². The molecule has 0 saturated heterocycles. The molecule has 4 rings (SSSR count). The van der Waals surface area contributed by atoms with Crippen LogP contribution in [-0.2, 0) is 25.5 Å². The van der Waals surface area contributed by atoms with Crippen molar-refractivity contribution in [2.75, 3.05) is 0 Å². The maximum Gasteiger partial charge on any atom is 0.416 e. The highest BCUT2D eigenvalue weighted by Gasteiger charge is 2.39. The fourth-order valence-electron chi connectivity index (χ4n) is 3.61. The fraction of sp³-hybridized carbons (Fsp3) is 0.217. The van der Waals surface area contributed by atoms with Crippen LogP contribution in [0.25, 0.3) is 21.1 Å². The molecule has 6 nitrogen and oxygen atoms in total. The predicted octanol–water partition coefficient (Wildman–Crippen LogP) is 6.09. The summed E-state index contributed by atoms with van der Waals surface area (Å²) in [6.07, 6.45) is -3.42. The minimum Gasteiger partial charge on any atom is -0.439 e. The van der Waals surface area contributed by atoms with Crippen LogP contribution in [0.5, 0.6) is 0 Å². The molecule has 0 saturated carbocycles. The lowest BCUT2D eigenvalue weighted by molar-refractivity contribution is -0.145. The van der Waals surface area contributed by atoms with Crippen LogP contribution < -0.4 is 0 Å². The van der Waals surface area contributed by atoms with Gasteiger partial charge in [-0.2, -0.15) is 13.2 Å². The van der Waals surface area contributed by atoms with Crippen LogP contribution in [0.4, 0.5) is 13.2 Å². The number of carbonyl (C=O) groups is 1. The first-order chi connectivity index (χ1) is 16.0. The van der Waals surface area contributed by atoms with E-state index in [1.807, 2.05) is 0 Å². The lowest BCUT2D eigenvalue weighted by Crippen LogP contribution is -2.24. The number of aromatic amines is 1. The minimum atomic E-state index is -4.56. The number of rotatable bonds is 7. The first-order valence-corrected chi connectivity index (χ1v) is 12.6. The molecule has 2 aromatic carbocycles. The van der Waals surface area contributed by atoms with Crippen molar-refractivity contribution in [1.29, 1.82) is 0 Å². The van der Waals surface area contributed by atoms with Gasteiger partial charge in [-0.3, -0.25) is 4.79 Å². The summed E-state index contributed by atoms with van der Waals surface area (Å²) in [5.74, 6) is -0.774. The molecule has 0 amide bonds. The van der Waals surface area contributed by atoms with Crippen molar-refractivity contribution in [2.24, 2.45) is 0 Å². The van der Waals surface area contributed by atoms with Gasteiger partial charge >= 0.3 is 12.1 Å². The number of thiazole rings is 1. The van der Waals surface area contributed by atoms with Crippen LogP contribution in [0.2, 0.25) is 0 Å². The molecule has 0 aliphatic carbocycles. The van der Waals surface area contributed by atoms with Gasteiger partial charge in [0.05, 0.1) is 27.0 Å². The molecule has 178 valence electrons. The third kappa shape index (κ3) is 4.45. The molecule has 34 heavy (non-hydrogen) atoms. The summed E-state index contributed by atoms with van der Waals surface area (Å²) in [6.45, 7) is 5.17. The molecule has 2 atom stereocenters. The molecule has 0 bridgehead atoms. The molecule has 0 aliphatic rings. The Morgan fingerprint density at radius 3 is 2.68 bits per heavy atom. The fourth-order valence-corrected chi connectivity index (χ4v) is 6.12. The number of sulfone groups is 1. The molecule has 0 fully saturated rings. The average molecular weight is 509 g/mol. The molecular formula is C23H19F3N2O4S2. The summed E-state index contributed by atoms with van der Waals surface area (Å²) in [6, 6.07) is 9.21. The third-order valence-corrected chi connectivity index (χ3v) is 8.21. The normalized spacial score (nSPS) is 14.2. The Kier molecular flexibility index (Phi) is 6.26. The second-order valence-corrected chi connectivity index (χ2v) is 10.5. The average Bonchev–Trinajstić information content (AvgIpc) is 3.42. The lowest BCUT2D eigenvalue weighted by atomic mass is 10.1.